The minimum absolute atomic E-state index is 0.0418. The van der Waals surface area contributed by atoms with Crippen molar-refractivity contribution in [3.05, 3.63) is 64.1 Å². The summed E-state index contributed by atoms with van der Waals surface area (Å²) in [5.74, 6) is -1.20. The third-order valence-corrected chi connectivity index (χ3v) is 4.24. The molecule has 8 heteroatoms. The Bertz CT molecular complexity index is 927. The maximum atomic E-state index is 12.7. The van der Waals surface area contributed by atoms with Crippen LogP contribution >= 0.6 is 15.9 Å². The van der Waals surface area contributed by atoms with Crippen LogP contribution in [0.15, 0.2) is 58.6 Å². The van der Waals surface area contributed by atoms with Crippen molar-refractivity contribution in [2.24, 2.45) is 0 Å². The number of hydrazine groups is 1. The van der Waals surface area contributed by atoms with E-state index in [4.69, 9.17) is 4.74 Å². The Morgan fingerprint density at radius 1 is 1.19 bits per heavy atom. The van der Waals surface area contributed by atoms with E-state index in [0.29, 0.717) is 17.0 Å². The van der Waals surface area contributed by atoms with E-state index < -0.39 is 17.8 Å². The second kappa shape index (κ2) is 8.05. The predicted octanol–water partition coefficient (Wildman–Crippen LogP) is 2.46. The van der Waals surface area contributed by atoms with Crippen molar-refractivity contribution in [2.75, 3.05) is 18.7 Å². The zero-order valence-corrected chi connectivity index (χ0v) is 15.9. The summed E-state index contributed by atoms with van der Waals surface area (Å²) >= 11 is 3.35. The summed E-state index contributed by atoms with van der Waals surface area (Å²) in [6.07, 6.45) is 1.43. The van der Waals surface area contributed by atoms with Crippen molar-refractivity contribution in [2.45, 2.75) is 0 Å². The van der Waals surface area contributed by atoms with E-state index in [1.165, 1.54) is 18.2 Å². The van der Waals surface area contributed by atoms with Crippen molar-refractivity contribution in [3.63, 3.8) is 0 Å². The van der Waals surface area contributed by atoms with Crippen molar-refractivity contribution in [3.8, 4) is 5.75 Å². The molecule has 7 nitrogen and oxygen atoms in total. The quantitative estimate of drug-likeness (QED) is 0.447. The van der Waals surface area contributed by atoms with E-state index in [-0.39, 0.29) is 12.2 Å². The molecule has 0 saturated carbocycles. The van der Waals surface area contributed by atoms with Crippen molar-refractivity contribution in [1.29, 1.82) is 0 Å². The second-order valence-electron chi connectivity index (χ2n) is 5.52. The topological polar surface area (TPSA) is 84.9 Å². The summed E-state index contributed by atoms with van der Waals surface area (Å²) in [6.45, 7) is -0.287. The van der Waals surface area contributed by atoms with Crippen LogP contribution in [0.25, 0.3) is 6.08 Å². The van der Waals surface area contributed by atoms with Crippen molar-refractivity contribution < 1.29 is 23.9 Å². The average Bonchev–Trinajstić information content (AvgIpc) is 2.96. The Kier molecular flexibility index (Phi) is 5.56. The van der Waals surface area contributed by atoms with Gasteiger partial charge in [-0.3, -0.25) is 15.0 Å². The number of carbonyl (C=O) groups is 3. The normalized spacial score (nSPS) is 15.0. The van der Waals surface area contributed by atoms with Gasteiger partial charge < -0.3 is 9.47 Å². The van der Waals surface area contributed by atoms with Gasteiger partial charge in [-0.2, -0.15) is 0 Å². The first-order valence-electron chi connectivity index (χ1n) is 7.91. The third kappa shape index (κ3) is 4.17. The number of hydrogen-bond acceptors (Lipinski definition) is 5. The number of nitrogens with zero attached hydrogens (tertiary/aromatic N) is 1. The highest BCUT2D eigenvalue weighted by molar-refractivity contribution is 9.10. The second-order valence-corrected chi connectivity index (χ2v) is 6.44. The molecule has 2 aromatic rings. The van der Waals surface area contributed by atoms with Gasteiger partial charge in [0.05, 0.1) is 12.8 Å². The lowest BCUT2D eigenvalue weighted by molar-refractivity contribution is -0.142. The standard InChI is InChI=1S/C19H15BrN2O5/c1-26-17(23)11-27-16-8-7-13(20)9-12(16)10-15-18(24)21-22(19(15)25)14-5-3-2-4-6-14/h2-10H,11H2,1H3,(H,21,24)/b15-10-. The van der Waals surface area contributed by atoms with E-state index in [9.17, 15) is 14.4 Å². The van der Waals surface area contributed by atoms with Crippen LogP contribution in [-0.2, 0) is 19.1 Å². The third-order valence-electron chi connectivity index (χ3n) is 3.75. The summed E-state index contributed by atoms with van der Waals surface area (Å²) in [7, 11) is 1.26. The van der Waals surface area contributed by atoms with Crippen LogP contribution in [0.2, 0.25) is 0 Å². The van der Waals surface area contributed by atoms with Gasteiger partial charge in [0.25, 0.3) is 11.8 Å². The molecule has 2 aromatic carbocycles. The molecule has 0 radical (unpaired) electrons. The van der Waals surface area contributed by atoms with Gasteiger partial charge in [-0.05, 0) is 36.4 Å². The van der Waals surface area contributed by atoms with Crippen molar-refractivity contribution >= 4 is 45.5 Å². The van der Waals surface area contributed by atoms with E-state index in [2.05, 4.69) is 26.1 Å². The SMILES string of the molecule is COC(=O)COc1ccc(Br)cc1/C=C1/C(=O)NN(c2ccccc2)C1=O. The van der Waals surface area contributed by atoms with Gasteiger partial charge in [-0.1, -0.05) is 34.1 Å². The van der Waals surface area contributed by atoms with Gasteiger partial charge >= 0.3 is 5.97 Å². The molecule has 1 aliphatic rings. The van der Waals surface area contributed by atoms with E-state index >= 15 is 0 Å². The summed E-state index contributed by atoms with van der Waals surface area (Å²) in [5, 5.41) is 1.18. The maximum Gasteiger partial charge on any atom is 0.343 e. The van der Waals surface area contributed by atoms with E-state index in [0.717, 1.165) is 4.47 Å². The van der Waals surface area contributed by atoms with Crippen LogP contribution in [-0.4, -0.2) is 31.5 Å². The van der Waals surface area contributed by atoms with E-state index in [1.807, 2.05) is 6.07 Å². The zero-order valence-electron chi connectivity index (χ0n) is 14.3. The number of esters is 1. The van der Waals surface area contributed by atoms with Crippen LogP contribution in [0, 0.1) is 0 Å². The smallest absolute Gasteiger partial charge is 0.343 e. The molecule has 2 amide bonds. The molecule has 0 spiro atoms. The van der Waals surface area contributed by atoms with Crippen LogP contribution in [0.3, 0.4) is 0 Å². The lowest BCUT2D eigenvalue weighted by Gasteiger charge is -2.14. The highest BCUT2D eigenvalue weighted by Gasteiger charge is 2.34. The van der Waals surface area contributed by atoms with Crippen molar-refractivity contribution in [1.82, 2.24) is 5.43 Å². The number of hydrogen-bond donors (Lipinski definition) is 1. The number of methoxy groups -OCH3 is 1. The fourth-order valence-electron chi connectivity index (χ4n) is 2.43. The molecule has 1 N–H and O–H groups in total. The number of carbonyl (C=O) groups excluding carboxylic acids is 3. The Labute approximate surface area is 163 Å². The molecule has 1 heterocycles. The number of para-hydroxylation sites is 1. The van der Waals surface area contributed by atoms with Crippen LogP contribution < -0.4 is 15.2 Å². The minimum Gasteiger partial charge on any atom is -0.481 e. The Balaban J connectivity index is 1.91. The highest BCUT2D eigenvalue weighted by atomic mass is 79.9. The number of nitrogens with one attached hydrogen (secondary N) is 1. The molecule has 1 fully saturated rings. The molecule has 1 saturated heterocycles. The number of anilines is 1. The van der Waals surface area contributed by atoms with Crippen LogP contribution in [0.4, 0.5) is 5.69 Å². The lowest BCUT2D eigenvalue weighted by atomic mass is 10.1. The number of ether oxygens (including phenoxy) is 2. The first-order chi connectivity index (χ1) is 13.0. The fraction of sp³-hybridized carbons (Fsp3) is 0.105. The predicted molar refractivity (Wildman–Crippen MR) is 102 cm³/mol. The molecular formula is C19H15BrN2O5. The minimum atomic E-state index is -0.540. The Hall–Kier alpha value is -3.13. The highest BCUT2D eigenvalue weighted by Crippen LogP contribution is 2.28. The molecule has 138 valence electrons. The summed E-state index contributed by atoms with van der Waals surface area (Å²) in [5.41, 5.74) is 3.52. The number of amides is 2. The number of benzene rings is 2. The first-order valence-corrected chi connectivity index (χ1v) is 8.70. The monoisotopic (exact) mass is 430 g/mol. The van der Waals surface area contributed by atoms with Crippen LogP contribution in [0.5, 0.6) is 5.75 Å². The van der Waals surface area contributed by atoms with Gasteiger partial charge in [-0.25, -0.2) is 9.80 Å². The molecule has 0 bridgehead atoms. The fourth-order valence-corrected chi connectivity index (χ4v) is 2.81. The van der Waals surface area contributed by atoms with E-state index in [1.54, 1.807) is 42.5 Å². The average molecular weight is 431 g/mol. The summed E-state index contributed by atoms with van der Waals surface area (Å²) < 4.78 is 10.7. The molecule has 3 rings (SSSR count). The molecule has 0 atom stereocenters. The summed E-state index contributed by atoms with van der Waals surface area (Å²) in [6, 6.07) is 13.8. The molecule has 27 heavy (non-hydrogen) atoms. The largest absolute Gasteiger partial charge is 0.481 e. The van der Waals surface area contributed by atoms with Gasteiger partial charge in [0, 0.05) is 10.0 Å². The first kappa shape index (κ1) is 18.7. The Morgan fingerprint density at radius 3 is 2.63 bits per heavy atom. The van der Waals surface area contributed by atoms with Gasteiger partial charge in [0.1, 0.15) is 11.3 Å². The van der Waals surface area contributed by atoms with Gasteiger partial charge in [0.2, 0.25) is 0 Å². The molecular weight excluding hydrogens is 416 g/mol. The lowest BCUT2D eigenvalue weighted by Crippen LogP contribution is -2.35. The molecule has 1 aliphatic heterocycles. The molecule has 0 unspecified atom stereocenters. The van der Waals surface area contributed by atoms with Gasteiger partial charge in [-0.15, -0.1) is 0 Å². The van der Waals surface area contributed by atoms with Crippen LogP contribution in [0.1, 0.15) is 5.56 Å². The number of rotatable bonds is 5. The molecule has 0 aromatic heterocycles. The zero-order chi connectivity index (χ0) is 19.4. The number of halogens is 1. The molecule has 0 aliphatic carbocycles. The van der Waals surface area contributed by atoms with Gasteiger partial charge in [0.15, 0.2) is 6.61 Å². The summed E-state index contributed by atoms with van der Waals surface area (Å²) in [4.78, 5) is 36.3. The Morgan fingerprint density at radius 2 is 1.93 bits per heavy atom. The maximum absolute atomic E-state index is 12.7.